The minimum absolute atomic E-state index is 0.0734. The van der Waals surface area contributed by atoms with E-state index in [9.17, 15) is 0 Å². The Bertz CT molecular complexity index is 277. The highest BCUT2D eigenvalue weighted by molar-refractivity contribution is 4.91. The number of hydrogen-bond donors (Lipinski definition) is 1. The molecule has 0 spiro atoms. The number of ether oxygens (including phenoxy) is 1. The average Bonchev–Trinajstić information content (AvgIpc) is 2.36. The molecule has 1 unspecified atom stereocenters. The normalized spacial score (nSPS) is 28.6. The third-order valence-electron chi connectivity index (χ3n) is 4.97. The largest absolute Gasteiger partial charge is 0.371 e. The molecule has 126 valence electrons. The van der Waals surface area contributed by atoms with Crippen LogP contribution in [-0.4, -0.2) is 24.3 Å². The molecule has 0 bridgehead atoms. The Morgan fingerprint density at radius 3 is 2.00 bits per heavy atom. The Hall–Kier alpha value is -0.0800. The van der Waals surface area contributed by atoms with Crippen molar-refractivity contribution < 1.29 is 4.74 Å². The first-order chi connectivity index (χ1) is 9.74. The lowest BCUT2D eigenvalue weighted by Gasteiger charge is -2.43. The monoisotopic (exact) mass is 297 g/mol. The fourth-order valence-electron chi connectivity index (χ4n) is 3.70. The predicted molar refractivity (Wildman–Crippen MR) is 92.7 cm³/mol. The molecule has 0 radical (unpaired) electrons. The summed E-state index contributed by atoms with van der Waals surface area (Å²) in [7, 11) is 0. The Labute approximate surface area is 133 Å². The third-order valence-corrected chi connectivity index (χ3v) is 4.97. The van der Waals surface area contributed by atoms with Crippen LogP contribution in [0.1, 0.15) is 80.6 Å². The number of nitrogens with one attached hydrogen (secondary N) is 1. The van der Waals surface area contributed by atoms with Crippen LogP contribution in [0.2, 0.25) is 0 Å². The molecule has 1 saturated carbocycles. The summed E-state index contributed by atoms with van der Waals surface area (Å²) in [4.78, 5) is 0. The maximum Gasteiger partial charge on any atom is 0.0810 e. The summed E-state index contributed by atoms with van der Waals surface area (Å²) < 4.78 is 6.61. The third kappa shape index (κ3) is 6.69. The molecule has 1 atom stereocenters. The van der Waals surface area contributed by atoms with Crippen molar-refractivity contribution in [2.24, 2.45) is 17.8 Å². The molecule has 0 aromatic carbocycles. The maximum atomic E-state index is 6.61. The van der Waals surface area contributed by atoms with Gasteiger partial charge in [0.15, 0.2) is 0 Å². The lowest BCUT2D eigenvalue weighted by molar-refractivity contribution is -0.119. The van der Waals surface area contributed by atoms with Gasteiger partial charge in [-0.3, -0.25) is 0 Å². The van der Waals surface area contributed by atoms with E-state index < -0.39 is 0 Å². The van der Waals surface area contributed by atoms with E-state index in [1.807, 2.05) is 0 Å². The SMILES string of the molecule is CC(C)CC(C)OC1(CNC(C)C)CCC(C(C)C)CC1. The van der Waals surface area contributed by atoms with Crippen LogP contribution >= 0.6 is 0 Å². The second-order valence-electron chi connectivity index (χ2n) is 8.36. The van der Waals surface area contributed by atoms with E-state index in [1.165, 1.54) is 25.7 Å². The summed E-state index contributed by atoms with van der Waals surface area (Å²) in [5.74, 6) is 2.41. The van der Waals surface area contributed by atoms with Gasteiger partial charge in [0.1, 0.15) is 0 Å². The first kappa shape index (κ1) is 19.0. The number of rotatable bonds is 8. The van der Waals surface area contributed by atoms with Crippen LogP contribution in [0.5, 0.6) is 0 Å². The van der Waals surface area contributed by atoms with E-state index in [2.05, 4.69) is 53.8 Å². The molecule has 0 saturated heterocycles. The highest BCUT2D eigenvalue weighted by Gasteiger charge is 2.38. The Kier molecular flexibility index (Phi) is 7.70. The standard InChI is InChI=1S/C19H39NO/c1-14(2)12-17(7)21-19(13-20-16(5)6)10-8-18(9-11-19)15(3)4/h14-18,20H,8-13H2,1-7H3. The van der Waals surface area contributed by atoms with Gasteiger partial charge in [0.25, 0.3) is 0 Å². The molecule has 0 aliphatic heterocycles. The summed E-state index contributed by atoms with van der Waals surface area (Å²) in [5.41, 5.74) is 0.0734. The molecule has 1 aliphatic rings. The van der Waals surface area contributed by atoms with Gasteiger partial charge < -0.3 is 10.1 Å². The van der Waals surface area contributed by atoms with E-state index in [0.29, 0.717) is 18.1 Å². The quantitative estimate of drug-likeness (QED) is 0.679. The molecule has 2 nitrogen and oxygen atoms in total. The topological polar surface area (TPSA) is 21.3 Å². The molecule has 21 heavy (non-hydrogen) atoms. The Balaban J connectivity index is 2.63. The molecule has 1 rings (SSSR count). The lowest BCUT2D eigenvalue weighted by Crippen LogP contribution is -2.49. The molecular formula is C19H39NO. The minimum atomic E-state index is 0.0734. The second kappa shape index (κ2) is 8.53. The van der Waals surface area contributed by atoms with Crippen LogP contribution in [0.25, 0.3) is 0 Å². The molecule has 0 heterocycles. The molecular weight excluding hydrogens is 258 g/mol. The summed E-state index contributed by atoms with van der Waals surface area (Å²) in [5, 5.41) is 3.63. The van der Waals surface area contributed by atoms with Crippen molar-refractivity contribution in [2.75, 3.05) is 6.54 Å². The maximum absolute atomic E-state index is 6.61. The molecule has 0 aromatic heterocycles. The smallest absolute Gasteiger partial charge is 0.0810 e. The van der Waals surface area contributed by atoms with Crippen molar-refractivity contribution in [3.05, 3.63) is 0 Å². The van der Waals surface area contributed by atoms with Crippen molar-refractivity contribution in [1.82, 2.24) is 5.32 Å². The first-order valence-corrected chi connectivity index (χ1v) is 9.15. The fraction of sp³-hybridized carbons (Fsp3) is 1.00. The summed E-state index contributed by atoms with van der Waals surface area (Å²) in [6, 6.07) is 0.536. The van der Waals surface area contributed by atoms with Gasteiger partial charge in [-0.05, 0) is 56.8 Å². The summed E-state index contributed by atoms with van der Waals surface area (Å²) in [6.07, 6.45) is 6.62. The van der Waals surface area contributed by atoms with Gasteiger partial charge >= 0.3 is 0 Å². The van der Waals surface area contributed by atoms with Crippen molar-refractivity contribution in [1.29, 1.82) is 0 Å². The van der Waals surface area contributed by atoms with E-state index in [4.69, 9.17) is 4.74 Å². The predicted octanol–water partition coefficient (Wildman–Crippen LogP) is 5.02. The van der Waals surface area contributed by atoms with Crippen molar-refractivity contribution in [3.63, 3.8) is 0 Å². The van der Waals surface area contributed by atoms with Crippen LogP contribution in [-0.2, 0) is 4.74 Å². The van der Waals surface area contributed by atoms with Crippen molar-refractivity contribution >= 4 is 0 Å². The van der Waals surface area contributed by atoms with Gasteiger partial charge in [-0.1, -0.05) is 41.5 Å². The summed E-state index contributed by atoms with van der Waals surface area (Å²) >= 11 is 0. The van der Waals surface area contributed by atoms with Gasteiger partial charge in [-0.2, -0.15) is 0 Å². The van der Waals surface area contributed by atoms with Crippen LogP contribution < -0.4 is 5.32 Å². The fourth-order valence-corrected chi connectivity index (χ4v) is 3.70. The summed E-state index contributed by atoms with van der Waals surface area (Å²) in [6.45, 7) is 17.0. The molecule has 1 N–H and O–H groups in total. The zero-order chi connectivity index (χ0) is 16.0. The molecule has 0 aromatic rings. The minimum Gasteiger partial charge on any atom is -0.371 e. The second-order valence-corrected chi connectivity index (χ2v) is 8.36. The highest BCUT2D eigenvalue weighted by Crippen LogP contribution is 2.39. The van der Waals surface area contributed by atoms with Gasteiger partial charge in [0, 0.05) is 12.6 Å². The van der Waals surface area contributed by atoms with Crippen LogP contribution in [0.15, 0.2) is 0 Å². The average molecular weight is 298 g/mol. The van der Waals surface area contributed by atoms with E-state index >= 15 is 0 Å². The Morgan fingerprint density at radius 2 is 1.57 bits per heavy atom. The van der Waals surface area contributed by atoms with Gasteiger partial charge in [0.05, 0.1) is 11.7 Å². The Morgan fingerprint density at radius 1 is 1.00 bits per heavy atom. The zero-order valence-corrected chi connectivity index (χ0v) is 15.5. The highest BCUT2D eigenvalue weighted by atomic mass is 16.5. The van der Waals surface area contributed by atoms with Gasteiger partial charge in [-0.15, -0.1) is 0 Å². The van der Waals surface area contributed by atoms with Crippen LogP contribution in [0.3, 0.4) is 0 Å². The van der Waals surface area contributed by atoms with Crippen LogP contribution in [0, 0.1) is 17.8 Å². The zero-order valence-electron chi connectivity index (χ0n) is 15.5. The van der Waals surface area contributed by atoms with Crippen LogP contribution in [0.4, 0.5) is 0 Å². The van der Waals surface area contributed by atoms with E-state index in [-0.39, 0.29) is 5.60 Å². The number of hydrogen-bond acceptors (Lipinski definition) is 2. The first-order valence-electron chi connectivity index (χ1n) is 9.15. The molecule has 0 amide bonds. The molecule has 1 aliphatic carbocycles. The van der Waals surface area contributed by atoms with Gasteiger partial charge in [0.2, 0.25) is 0 Å². The lowest BCUT2D eigenvalue weighted by atomic mass is 9.74. The van der Waals surface area contributed by atoms with Crippen molar-refractivity contribution in [2.45, 2.75) is 98.3 Å². The van der Waals surface area contributed by atoms with Gasteiger partial charge in [-0.25, -0.2) is 0 Å². The van der Waals surface area contributed by atoms with E-state index in [0.717, 1.165) is 24.8 Å². The molecule has 1 fully saturated rings. The molecule has 2 heteroatoms. The van der Waals surface area contributed by atoms with E-state index in [1.54, 1.807) is 0 Å². The van der Waals surface area contributed by atoms with Crippen molar-refractivity contribution in [3.8, 4) is 0 Å².